The minimum absolute atomic E-state index is 0.0122. The molecule has 1 aromatic rings. The average molecular weight is 259 g/mol. The van der Waals surface area contributed by atoms with Crippen LogP contribution in [0.25, 0.3) is 0 Å². The van der Waals surface area contributed by atoms with E-state index in [9.17, 15) is 9.59 Å². The molecule has 2 rings (SSSR count). The Morgan fingerprint density at radius 2 is 2.37 bits per heavy atom. The molecule has 0 aromatic heterocycles. The van der Waals surface area contributed by atoms with Crippen LogP contribution >= 0.6 is 0 Å². The van der Waals surface area contributed by atoms with Crippen LogP contribution in [-0.4, -0.2) is 18.4 Å². The predicted molar refractivity (Wildman–Crippen MR) is 74.1 cm³/mol. The number of nitrogens with zero attached hydrogens (tertiary/aromatic N) is 1. The molecule has 0 fully saturated rings. The molecule has 1 aromatic carbocycles. The number of fused-ring (bicyclic) bond motifs is 1. The van der Waals surface area contributed by atoms with Gasteiger partial charge in [0.1, 0.15) is 6.29 Å². The first-order valence-corrected chi connectivity index (χ1v) is 6.40. The van der Waals surface area contributed by atoms with Crippen LogP contribution in [-0.2, 0) is 9.59 Å². The van der Waals surface area contributed by atoms with E-state index in [1.165, 1.54) is 0 Å². The van der Waals surface area contributed by atoms with Crippen LogP contribution < -0.4 is 10.7 Å². The number of aldehydes is 1. The van der Waals surface area contributed by atoms with Crippen molar-refractivity contribution in [1.29, 1.82) is 0 Å². The maximum absolute atomic E-state index is 11.4. The van der Waals surface area contributed by atoms with E-state index in [4.69, 9.17) is 0 Å². The van der Waals surface area contributed by atoms with Crippen molar-refractivity contribution in [2.45, 2.75) is 32.2 Å². The lowest BCUT2D eigenvalue weighted by Gasteiger charge is -2.22. The zero-order valence-corrected chi connectivity index (χ0v) is 10.8. The van der Waals surface area contributed by atoms with Gasteiger partial charge in [-0.1, -0.05) is 13.0 Å². The lowest BCUT2D eigenvalue weighted by atomic mass is 9.96. The molecule has 2 N–H and O–H groups in total. The van der Waals surface area contributed by atoms with Gasteiger partial charge in [0, 0.05) is 18.5 Å². The first-order valence-electron chi connectivity index (χ1n) is 6.40. The van der Waals surface area contributed by atoms with Crippen LogP contribution in [0.3, 0.4) is 0 Å². The van der Waals surface area contributed by atoms with Gasteiger partial charge in [0.05, 0.1) is 12.3 Å². The number of nitrogens with one attached hydrogen (secondary N) is 2. The zero-order valence-electron chi connectivity index (χ0n) is 10.8. The van der Waals surface area contributed by atoms with Gasteiger partial charge in [-0.3, -0.25) is 4.79 Å². The first kappa shape index (κ1) is 13.3. The van der Waals surface area contributed by atoms with Gasteiger partial charge in [0.2, 0.25) is 5.91 Å². The third-order valence-corrected chi connectivity index (χ3v) is 3.07. The van der Waals surface area contributed by atoms with E-state index in [2.05, 4.69) is 15.8 Å². The lowest BCUT2D eigenvalue weighted by Crippen LogP contribution is -2.22. The largest absolute Gasteiger partial charge is 0.326 e. The second kappa shape index (κ2) is 6.13. The smallest absolute Gasteiger partial charge is 0.224 e. The zero-order chi connectivity index (χ0) is 13.7. The average Bonchev–Trinajstić information content (AvgIpc) is 2.45. The highest BCUT2D eigenvalue weighted by Crippen LogP contribution is 2.27. The quantitative estimate of drug-likeness (QED) is 0.794. The fourth-order valence-electron chi connectivity index (χ4n) is 2.04. The Morgan fingerprint density at radius 1 is 1.53 bits per heavy atom. The Hall–Kier alpha value is -2.17. The van der Waals surface area contributed by atoms with Crippen molar-refractivity contribution in [2.24, 2.45) is 5.10 Å². The molecule has 0 aliphatic carbocycles. The highest BCUT2D eigenvalue weighted by molar-refractivity contribution is 5.91. The molecule has 100 valence electrons. The van der Waals surface area contributed by atoms with Crippen molar-refractivity contribution < 1.29 is 9.59 Å². The number of benzene rings is 1. The predicted octanol–water partition coefficient (Wildman–Crippen LogP) is 1.99. The van der Waals surface area contributed by atoms with E-state index in [0.717, 1.165) is 23.1 Å². The third kappa shape index (κ3) is 3.19. The monoisotopic (exact) mass is 259 g/mol. The molecule has 1 aliphatic rings. The van der Waals surface area contributed by atoms with Crippen molar-refractivity contribution in [3.8, 4) is 0 Å². The van der Waals surface area contributed by atoms with Crippen molar-refractivity contribution in [3.05, 3.63) is 29.3 Å². The number of hydrazone groups is 1. The van der Waals surface area contributed by atoms with Gasteiger partial charge in [-0.2, -0.15) is 5.10 Å². The lowest BCUT2D eigenvalue weighted by molar-refractivity contribution is -0.115. The minimum atomic E-state index is -0.0122. The van der Waals surface area contributed by atoms with E-state index in [1.54, 1.807) is 6.21 Å². The Labute approximate surface area is 112 Å². The Balaban J connectivity index is 2.22. The van der Waals surface area contributed by atoms with E-state index in [0.29, 0.717) is 19.3 Å². The van der Waals surface area contributed by atoms with Gasteiger partial charge in [-0.05, 0) is 29.7 Å². The summed E-state index contributed by atoms with van der Waals surface area (Å²) >= 11 is 0. The standard InChI is InChI=1S/C14H17N3O2/c1-2-14(19)16-11-6-5-10-9-15-17-13(4-3-7-18)12(10)8-11/h5-9,13,17H,2-4H2,1H3,(H,16,19). The highest BCUT2D eigenvalue weighted by atomic mass is 16.1. The fourth-order valence-corrected chi connectivity index (χ4v) is 2.04. The Morgan fingerprint density at radius 3 is 3.11 bits per heavy atom. The molecule has 0 saturated carbocycles. The highest BCUT2D eigenvalue weighted by Gasteiger charge is 2.17. The van der Waals surface area contributed by atoms with Crippen molar-refractivity contribution >= 4 is 24.1 Å². The number of anilines is 1. The van der Waals surface area contributed by atoms with E-state index in [1.807, 2.05) is 25.1 Å². The van der Waals surface area contributed by atoms with Crippen LogP contribution in [0.2, 0.25) is 0 Å². The molecule has 1 unspecified atom stereocenters. The SMILES string of the molecule is CCC(=O)Nc1ccc2c(c1)C(CCC=O)NN=C2. The van der Waals surface area contributed by atoms with Crippen molar-refractivity contribution in [2.75, 3.05) is 5.32 Å². The van der Waals surface area contributed by atoms with E-state index in [-0.39, 0.29) is 11.9 Å². The summed E-state index contributed by atoms with van der Waals surface area (Å²) in [6, 6.07) is 5.75. The molecule has 0 radical (unpaired) electrons. The second-order valence-electron chi connectivity index (χ2n) is 4.43. The van der Waals surface area contributed by atoms with Crippen molar-refractivity contribution in [1.82, 2.24) is 5.43 Å². The molecule has 1 heterocycles. The summed E-state index contributed by atoms with van der Waals surface area (Å²) in [6.45, 7) is 1.81. The Kier molecular flexibility index (Phi) is 4.28. The minimum Gasteiger partial charge on any atom is -0.326 e. The third-order valence-electron chi connectivity index (χ3n) is 3.07. The number of hydrogen-bond acceptors (Lipinski definition) is 4. The van der Waals surface area contributed by atoms with Crippen LogP contribution in [0.1, 0.15) is 43.4 Å². The maximum atomic E-state index is 11.4. The summed E-state index contributed by atoms with van der Waals surface area (Å²) < 4.78 is 0. The normalized spacial score (nSPS) is 16.4. The van der Waals surface area contributed by atoms with E-state index >= 15 is 0 Å². The molecule has 0 spiro atoms. The van der Waals surface area contributed by atoms with Crippen LogP contribution in [0, 0.1) is 0 Å². The summed E-state index contributed by atoms with van der Waals surface area (Å²) in [7, 11) is 0. The van der Waals surface area contributed by atoms with E-state index < -0.39 is 0 Å². The van der Waals surface area contributed by atoms with Crippen LogP contribution in [0.4, 0.5) is 5.69 Å². The van der Waals surface area contributed by atoms with Gasteiger partial charge < -0.3 is 15.5 Å². The number of rotatable bonds is 5. The summed E-state index contributed by atoms with van der Waals surface area (Å²) in [6.07, 6.45) is 4.28. The van der Waals surface area contributed by atoms with Gasteiger partial charge in [-0.25, -0.2) is 0 Å². The Bertz CT molecular complexity index is 511. The maximum Gasteiger partial charge on any atom is 0.224 e. The summed E-state index contributed by atoms with van der Waals surface area (Å²) in [5.41, 5.74) is 5.86. The molecule has 0 saturated heterocycles. The summed E-state index contributed by atoms with van der Waals surface area (Å²) in [5.74, 6) is -0.0122. The molecule has 1 amide bonds. The number of amides is 1. The second-order valence-corrected chi connectivity index (χ2v) is 4.43. The summed E-state index contributed by atoms with van der Waals surface area (Å²) in [5, 5.41) is 6.92. The molecule has 0 bridgehead atoms. The number of carbonyl (C=O) groups excluding carboxylic acids is 2. The van der Waals surface area contributed by atoms with Crippen LogP contribution in [0.15, 0.2) is 23.3 Å². The summed E-state index contributed by atoms with van der Waals surface area (Å²) in [4.78, 5) is 21.9. The molecule has 5 heteroatoms. The molecular formula is C14H17N3O2. The molecule has 19 heavy (non-hydrogen) atoms. The van der Waals surface area contributed by atoms with Gasteiger partial charge in [0.25, 0.3) is 0 Å². The fraction of sp³-hybridized carbons (Fsp3) is 0.357. The van der Waals surface area contributed by atoms with Gasteiger partial charge >= 0.3 is 0 Å². The molecule has 1 atom stereocenters. The van der Waals surface area contributed by atoms with Gasteiger partial charge in [0.15, 0.2) is 0 Å². The van der Waals surface area contributed by atoms with Crippen LogP contribution in [0.5, 0.6) is 0 Å². The topological polar surface area (TPSA) is 70.6 Å². The number of carbonyl (C=O) groups is 2. The first-order chi connectivity index (χ1) is 9.24. The number of hydrogen-bond donors (Lipinski definition) is 2. The van der Waals surface area contributed by atoms with Gasteiger partial charge in [-0.15, -0.1) is 0 Å². The molecule has 5 nitrogen and oxygen atoms in total. The van der Waals surface area contributed by atoms with Crippen molar-refractivity contribution in [3.63, 3.8) is 0 Å². The molecule has 1 aliphatic heterocycles. The molecular weight excluding hydrogens is 242 g/mol.